The molecule has 3 heteroatoms. The van der Waals surface area contributed by atoms with Crippen LogP contribution in [0.3, 0.4) is 0 Å². The van der Waals surface area contributed by atoms with Crippen LogP contribution >= 0.6 is 0 Å². The Bertz CT molecular complexity index is 455. The highest BCUT2D eigenvalue weighted by atomic mass is 15.1. The summed E-state index contributed by atoms with van der Waals surface area (Å²) in [6.07, 6.45) is 3.23. The zero-order chi connectivity index (χ0) is 11.6. The van der Waals surface area contributed by atoms with E-state index < -0.39 is 0 Å². The fourth-order valence-electron chi connectivity index (χ4n) is 1.50. The van der Waals surface area contributed by atoms with Crippen molar-refractivity contribution in [3.8, 4) is 11.4 Å². The molecule has 0 radical (unpaired) electrons. The molecule has 0 saturated carbocycles. The van der Waals surface area contributed by atoms with E-state index in [2.05, 4.69) is 48.1 Å². The lowest BCUT2D eigenvalue weighted by atomic mass is 9.87. The molecular weight excluding hydrogens is 198 g/mol. The second-order valence-electron chi connectivity index (χ2n) is 4.79. The third kappa shape index (κ3) is 2.24. The van der Waals surface area contributed by atoms with E-state index in [0.717, 1.165) is 5.56 Å². The molecule has 0 amide bonds. The maximum absolute atomic E-state index is 4.17. The largest absolute Gasteiger partial charge is 0.233 e. The summed E-state index contributed by atoms with van der Waals surface area (Å²) in [6.45, 7) is 6.59. The summed E-state index contributed by atoms with van der Waals surface area (Å²) in [5.74, 6) is 0.669. The van der Waals surface area contributed by atoms with Crippen LogP contribution in [-0.2, 0) is 5.41 Å². The van der Waals surface area contributed by atoms with Crippen molar-refractivity contribution in [3.63, 3.8) is 0 Å². The Morgan fingerprint density at radius 3 is 2.12 bits per heavy atom. The molecule has 16 heavy (non-hydrogen) atoms. The fourth-order valence-corrected chi connectivity index (χ4v) is 1.50. The van der Waals surface area contributed by atoms with Gasteiger partial charge in [0.15, 0.2) is 5.82 Å². The quantitative estimate of drug-likeness (QED) is 0.731. The summed E-state index contributed by atoms with van der Waals surface area (Å²) in [4.78, 5) is 4.17. The highest BCUT2D eigenvalue weighted by molar-refractivity contribution is 5.54. The Balaban J connectivity index is 2.34. The monoisotopic (exact) mass is 213 g/mol. The normalized spacial score (nSPS) is 11.4. The Labute approximate surface area is 95.6 Å². The number of aromatic nitrogens is 3. The number of hydrogen-bond donors (Lipinski definition) is 0. The topological polar surface area (TPSA) is 38.7 Å². The van der Waals surface area contributed by atoms with E-state index >= 15 is 0 Å². The van der Waals surface area contributed by atoms with Crippen molar-refractivity contribution in [2.24, 2.45) is 0 Å². The lowest BCUT2D eigenvalue weighted by molar-refractivity contribution is 0.590. The molecule has 0 aliphatic heterocycles. The highest BCUT2D eigenvalue weighted by Gasteiger charge is 2.13. The van der Waals surface area contributed by atoms with Crippen LogP contribution in [0.25, 0.3) is 11.4 Å². The van der Waals surface area contributed by atoms with Gasteiger partial charge >= 0.3 is 0 Å². The summed E-state index contributed by atoms with van der Waals surface area (Å²) in [5.41, 5.74) is 2.48. The van der Waals surface area contributed by atoms with E-state index in [9.17, 15) is 0 Å². The molecular formula is C13H15N3. The molecule has 0 aliphatic rings. The van der Waals surface area contributed by atoms with Gasteiger partial charge < -0.3 is 0 Å². The first-order valence-electron chi connectivity index (χ1n) is 5.32. The lowest BCUT2D eigenvalue weighted by Gasteiger charge is -2.18. The minimum Gasteiger partial charge on any atom is -0.233 e. The predicted octanol–water partition coefficient (Wildman–Crippen LogP) is 2.84. The molecule has 0 saturated heterocycles. The van der Waals surface area contributed by atoms with E-state index in [1.165, 1.54) is 5.56 Å². The van der Waals surface area contributed by atoms with Crippen LogP contribution in [0.5, 0.6) is 0 Å². The van der Waals surface area contributed by atoms with Gasteiger partial charge in [0.25, 0.3) is 0 Å². The lowest BCUT2D eigenvalue weighted by Crippen LogP contribution is -2.10. The molecule has 0 aliphatic carbocycles. The van der Waals surface area contributed by atoms with Crippen LogP contribution in [0, 0.1) is 0 Å². The molecule has 1 heterocycles. The number of rotatable bonds is 1. The second-order valence-corrected chi connectivity index (χ2v) is 4.79. The molecule has 2 aromatic rings. The molecule has 1 aromatic heterocycles. The molecule has 82 valence electrons. The SMILES string of the molecule is CC(C)(C)c1ccc(-c2nccnn2)cc1. The predicted molar refractivity (Wildman–Crippen MR) is 64.0 cm³/mol. The average molecular weight is 213 g/mol. The summed E-state index contributed by atoms with van der Waals surface area (Å²) < 4.78 is 0. The van der Waals surface area contributed by atoms with Crippen LogP contribution in [0.4, 0.5) is 0 Å². The summed E-state index contributed by atoms with van der Waals surface area (Å²) in [5, 5.41) is 7.80. The molecule has 0 N–H and O–H groups in total. The van der Waals surface area contributed by atoms with E-state index in [1.807, 2.05) is 12.1 Å². The molecule has 0 spiro atoms. The van der Waals surface area contributed by atoms with Gasteiger partial charge in [-0.1, -0.05) is 45.0 Å². The Kier molecular flexibility index (Phi) is 2.69. The third-order valence-corrected chi connectivity index (χ3v) is 2.49. The van der Waals surface area contributed by atoms with Gasteiger partial charge in [0.2, 0.25) is 0 Å². The standard InChI is InChI=1S/C13H15N3/c1-13(2,3)11-6-4-10(5-7-11)12-14-8-9-15-16-12/h4-9H,1-3H3. The summed E-state index contributed by atoms with van der Waals surface area (Å²) in [7, 11) is 0. The Morgan fingerprint density at radius 1 is 0.938 bits per heavy atom. The van der Waals surface area contributed by atoms with Crippen molar-refractivity contribution in [2.75, 3.05) is 0 Å². The van der Waals surface area contributed by atoms with Crippen LogP contribution in [0.15, 0.2) is 36.7 Å². The van der Waals surface area contributed by atoms with Gasteiger partial charge in [-0.3, -0.25) is 0 Å². The zero-order valence-electron chi connectivity index (χ0n) is 9.81. The van der Waals surface area contributed by atoms with E-state index in [4.69, 9.17) is 0 Å². The van der Waals surface area contributed by atoms with Crippen LogP contribution < -0.4 is 0 Å². The minimum atomic E-state index is 0.175. The van der Waals surface area contributed by atoms with Crippen molar-refractivity contribution >= 4 is 0 Å². The van der Waals surface area contributed by atoms with Crippen LogP contribution in [0.2, 0.25) is 0 Å². The van der Waals surface area contributed by atoms with Crippen molar-refractivity contribution in [3.05, 3.63) is 42.2 Å². The third-order valence-electron chi connectivity index (χ3n) is 2.49. The second kappa shape index (κ2) is 4.00. The number of nitrogens with zero attached hydrogens (tertiary/aromatic N) is 3. The van der Waals surface area contributed by atoms with Gasteiger partial charge in [-0.2, -0.15) is 5.10 Å². The van der Waals surface area contributed by atoms with Crippen molar-refractivity contribution in [2.45, 2.75) is 26.2 Å². The summed E-state index contributed by atoms with van der Waals surface area (Å²) >= 11 is 0. The van der Waals surface area contributed by atoms with Crippen molar-refractivity contribution < 1.29 is 0 Å². The minimum absolute atomic E-state index is 0.175. The van der Waals surface area contributed by atoms with Gasteiger partial charge in [0, 0.05) is 11.8 Å². The molecule has 0 unspecified atom stereocenters. The molecule has 1 aromatic carbocycles. The maximum atomic E-state index is 4.17. The smallest absolute Gasteiger partial charge is 0.181 e. The molecule has 3 nitrogen and oxygen atoms in total. The van der Waals surface area contributed by atoms with Gasteiger partial charge in [-0.05, 0) is 11.0 Å². The highest BCUT2D eigenvalue weighted by Crippen LogP contribution is 2.24. The molecule has 0 atom stereocenters. The first-order valence-corrected chi connectivity index (χ1v) is 5.32. The number of hydrogen-bond acceptors (Lipinski definition) is 3. The van der Waals surface area contributed by atoms with E-state index in [-0.39, 0.29) is 5.41 Å². The first kappa shape index (κ1) is 10.7. The van der Waals surface area contributed by atoms with E-state index in [1.54, 1.807) is 12.4 Å². The summed E-state index contributed by atoms with van der Waals surface area (Å²) in [6, 6.07) is 8.31. The average Bonchev–Trinajstić information content (AvgIpc) is 2.29. The van der Waals surface area contributed by atoms with Crippen LogP contribution in [-0.4, -0.2) is 15.2 Å². The van der Waals surface area contributed by atoms with Gasteiger partial charge in [-0.25, -0.2) is 4.98 Å². The Morgan fingerprint density at radius 2 is 1.62 bits per heavy atom. The van der Waals surface area contributed by atoms with Gasteiger partial charge in [0.1, 0.15) is 0 Å². The number of benzene rings is 1. The van der Waals surface area contributed by atoms with E-state index in [0.29, 0.717) is 5.82 Å². The Hall–Kier alpha value is -1.77. The molecule has 0 fully saturated rings. The molecule has 0 bridgehead atoms. The first-order chi connectivity index (χ1) is 7.57. The van der Waals surface area contributed by atoms with Crippen molar-refractivity contribution in [1.82, 2.24) is 15.2 Å². The fraction of sp³-hybridized carbons (Fsp3) is 0.308. The van der Waals surface area contributed by atoms with Crippen LogP contribution in [0.1, 0.15) is 26.3 Å². The molecule has 2 rings (SSSR count). The maximum Gasteiger partial charge on any atom is 0.181 e. The van der Waals surface area contributed by atoms with Crippen molar-refractivity contribution in [1.29, 1.82) is 0 Å². The zero-order valence-corrected chi connectivity index (χ0v) is 9.81. The van der Waals surface area contributed by atoms with Gasteiger partial charge in [0.05, 0.1) is 6.20 Å². The van der Waals surface area contributed by atoms with Gasteiger partial charge in [-0.15, -0.1) is 5.10 Å².